The Morgan fingerprint density at radius 3 is 2.74 bits per heavy atom. The summed E-state index contributed by atoms with van der Waals surface area (Å²) in [6.45, 7) is 0.434. The molecule has 0 unspecified atom stereocenters. The van der Waals surface area contributed by atoms with Gasteiger partial charge in [-0.05, 0) is 23.8 Å². The number of nitrogens with one attached hydrogen (secondary N) is 3. The van der Waals surface area contributed by atoms with Crippen LogP contribution in [0.5, 0.6) is 0 Å². The number of nitrogens with two attached hydrogens (primary N) is 1. The quantitative estimate of drug-likeness (QED) is 0.244. The van der Waals surface area contributed by atoms with Crippen LogP contribution >= 0.6 is 0 Å². The molecular weight excluding hydrogens is 430 g/mol. The van der Waals surface area contributed by atoms with Gasteiger partial charge in [-0.25, -0.2) is 4.98 Å². The maximum atomic E-state index is 12.9. The van der Waals surface area contributed by atoms with E-state index in [2.05, 4.69) is 37.3 Å². The zero-order chi connectivity index (χ0) is 22.8. The number of H-pyrrole nitrogens is 2. The molecule has 168 valence electrons. The molecule has 0 aliphatic heterocycles. The predicted octanol–water partition coefficient (Wildman–Crippen LogP) is 2.95. The summed E-state index contributed by atoms with van der Waals surface area (Å²) in [6.07, 6.45) is 6.64. The summed E-state index contributed by atoms with van der Waals surface area (Å²) in [4.78, 5) is 35.8. The monoisotopic (exact) mass is 451 g/mol. The Morgan fingerprint density at radius 1 is 1.12 bits per heavy atom. The van der Waals surface area contributed by atoms with Gasteiger partial charge in [0.25, 0.3) is 11.5 Å². The van der Waals surface area contributed by atoms with Crippen LogP contribution in [0.25, 0.3) is 32.8 Å². The summed E-state index contributed by atoms with van der Waals surface area (Å²) < 4.78 is 0. The molecule has 0 atom stereocenters. The molecule has 0 bridgehead atoms. The average molecular weight is 451 g/mol. The first kappa shape index (κ1) is 22.2. The topological polar surface area (TPSA) is 142 Å². The highest BCUT2D eigenvalue weighted by Crippen LogP contribution is 2.32. The summed E-state index contributed by atoms with van der Waals surface area (Å²) in [5.74, 6) is 4.82. The highest BCUT2D eigenvalue weighted by molar-refractivity contribution is 6.12. The number of aromatic nitrogens is 5. The van der Waals surface area contributed by atoms with Gasteiger partial charge in [-0.15, -0.1) is 0 Å². The van der Waals surface area contributed by atoms with Crippen molar-refractivity contribution in [3.63, 3.8) is 0 Å². The Labute approximate surface area is 194 Å². The van der Waals surface area contributed by atoms with Crippen molar-refractivity contribution >= 4 is 33.4 Å². The summed E-state index contributed by atoms with van der Waals surface area (Å²) in [5.41, 5.74) is 8.23. The van der Waals surface area contributed by atoms with Crippen LogP contribution in [0.4, 0.5) is 5.82 Å². The molecule has 0 aliphatic carbocycles. The van der Waals surface area contributed by atoms with Crippen molar-refractivity contribution < 1.29 is 4.79 Å². The van der Waals surface area contributed by atoms with Gasteiger partial charge in [0.2, 0.25) is 0 Å². The van der Waals surface area contributed by atoms with Gasteiger partial charge in [-0.3, -0.25) is 19.7 Å². The van der Waals surface area contributed by atoms with E-state index in [0.717, 1.165) is 22.2 Å². The van der Waals surface area contributed by atoms with Crippen molar-refractivity contribution in [3.05, 3.63) is 82.8 Å². The molecule has 34 heavy (non-hydrogen) atoms. The molecule has 5 rings (SSSR count). The second kappa shape index (κ2) is 9.26. The number of nitrogens with zero attached hydrogens (tertiary/aromatic N) is 3. The summed E-state index contributed by atoms with van der Waals surface area (Å²) in [7, 11) is 0. The highest BCUT2D eigenvalue weighted by atomic mass is 16.1. The number of carbonyl (C=O) groups is 1. The first-order valence-electron chi connectivity index (χ1n) is 10.0. The molecule has 5 aromatic rings. The van der Waals surface area contributed by atoms with Gasteiger partial charge >= 0.3 is 0 Å². The smallest absolute Gasteiger partial charge is 0.293 e. The van der Waals surface area contributed by atoms with E-state index in [9.17, 15) is 9.59 Å². The molecule has 0 saturated heterocycles. The lowest BCUT2D eigenvalue weighted by Gasteiger charge is -2.13. The normalized spacial score (nSPS) is 10.4. The lowest BCUT2D eigenvalue weighted by Crippen LogP contribution is -2.11. The molecule has 9 heteroatoms. The second-order valence-electron chi connectivity index (χ2n) is 7.25. The number of hydrogen-bond donors (Lipinski definition) is 4. The Hall–Kier alpha value is -4.97. The minimum Gasteiger partial charge on any atom is -0.364 e. The maximum Gasteiger partial charge on any atom is 0.293 e. The van der Waals surface area contributed by atoms with Crippen LogP contribution < -0.4 is 16.6 Å². The largest absolute Gasteiger partial charge is 0.364 e. The second-order valence-corrected chi connectivity index (χ2v) is 7.25. The number of hydrogen-bond acceptors (Lipinski definition) is 6. The SMILES string of the molecule is C.NC(=O)C#Cc1c[nH]c(=O)c2c1nc(NCc1ccccn1)c1ccc(-c3cn[nH]c3)cc12. The van der Waals surface area contributed by atoms with Crippen LogP contribution in [0, 0.1) is 11.8 Å². The zero-order valence-corrected chi connectivity index (χ0v) is 17.2. The van der Waals surface area contributed by atoms with E-state index in [1.165, 1.54) is 6.20 Å². The molecule has 9 nitrogen and oxygen atoms in total. The van der Waals surface area contributed by atoms with Gasteiger partial charge in [0.15, 0.2) is 0 Å². The van der Waals surface area contributed by atoms with E-state index >= 15 is 0 Å². The fourth-order valence-electron chi connectivity index (χ4n) is 3.64. The van der Waals surface area contributed by atoms with Crippen molar-refractivity contribution in [2.75, 3.05) is 5.32 Å². The molecule has 0 aliphatic rings. The fraction of sp³-hybridized carbons (Fsp3) is 0.0800. The average Bonchev–Trinajstić information content (AvgIpc) is 3.37. The number of rotatable bonds is 4. The molecule has 0 fully saturated rings. The number of pyridine rings is 3. The molecule has 1 amide bonds. The molecule has 0 radical (unpaired) electrons. The van der Waals surface area contributed by atoms with Gasteiger partial charge < -0.3 is 16.0 Å². The molecule has 5 N–H and O–H groups in total. The molecule has 4 aromatic heterocycles. The van der Waals surface area contributed by atoms with Crippen LogP contribution in [-0.4, -0.2) is 31.1 Å². The Morgan fingerprint density at radius 2 is 2.00 bits per heavy atom. The van der Waals surface area contributed by atoms with Crippen molar-refractivity contribution in [1.82, 2.24) is 25.1 Å². The Kier molecular flexibility index (Phi) is 6.05. The Balaban J connectivity index is 0.00000274. The van der Waals surface area contributed by atoms with Crippen molar-refractivity contribution in [2.45, 2.75) is 14.0 Å². The van der Waals surface area contributed by atoms with Crippen molar-refractivity contribution in [3.8, 4) is 23.0 Å². The first-order valence-corrected chi connectivity index (χ1v) is 10.0. The van der Waals surface area contributed by atoms with Crippen LogP contribution in [0.15, 0.2) is 66.0 Å². The van der Waals surface area contributed by atoms with E-state index in [0.29, 0.717) is 34.2 Å². The molecule has 4 heterocycles. The van der Waals surface area contributed by atoms with E-state index in [1.54, 1.807) is 18.6 Å². The Bertz CT molecular complexity index is 1610. The van der Waals surface area contributed by atoms with Crippen LogP contribution in [-0.2, 0) is 11.3 Å². The zero-order valence-electron chi connectivity index (χ0n) is 17.2. The van der Waals surface area contributed by atoms with Gasteiger partial charge in [-0.1, -0.05) is 31.5 Å². The van der Waals surface area contributed by atoms with Gasteiger partial charge in [-0.2, -0.15) is 5.10 Å². The number of primary amides is 1. The van der Waals surface area contributed by atoms with Crippen LogP contribution in [0.1, 0.15) is 18.7 Å². The lowest BCUT2D eigenvalue weighted by atomic mass is 10.00. The summed E-state index contributed by atoms with van der Waals surface area (Å²) in [5, 5.41) is 11.9. The molecule has 0 saturated carbocycles. The van der Waals surface area contributed by atoms with E-state index in [4.69, 9.17) is 10.7 Å². The number of benzene rings is 1. The van der Waals surface area contributed by atoms with E-state index < -0.39 is 5.91 Å². The van der Waals surface area contributed by atoms with Gasteiger partial charge in [0.05, 0.1) is 34.9 Å². The minimum absolute atomic E-state index is 0. The van der Waals surface area contributed by atoms with E-state index in [-0.39, 0.29) is 13.0 Å². The van der Waals surface area contributed by atoms with Gasteiger partial charge in [0.1, 0.15) is 5.82 Å². The van der Waals surface area contributed by atoms with E-state index in [1.807, 2.05) is 36.4 Å². The number of amides is 1. The summed E-state index contributed by atoms with van der Waals surface area (Å²) in [6, 6.07) is 11.4. The summed E-state index contributed by atoms with van der Waals surface area (Å²) >= 11 is 0. The lowest BCUT2D eigenvalue weighted by molar-refractivity contribution is -0.112. The van der Waals surface area contributed by atoms with Gasteiger partial charge in [0, 0.05) is 40.8 Å². The van der Waals surface area contributed by atoms with Crippen LogP contribution in [0.2, 0.25) is 0 Å². The third kappa shape index (κ3) is 4.20. The van der Waals surface area contributed by atoms with Crippen LogP contribution in [0.3, 0.4) is 0 Å². The predicted molar refractivity (Wildman–Crippen MR) is 132 cm³/mol. The minimum atomic E-state index is -0.772. The molecular formula is C25H21N7O2. The van der Waals surface area contributed by atoms with Crippen molar-refractivity contribution in [2.24, 2.45) is 5.73 Å². The third-order valence-electron chi connectivity index (χ3n) is 5.15. The first-order chi connectivity index (χ1) is 16.1. The molecule has 0 spiro atoms. The number of anilines is 1. The maximum absolute atomic E-state index is 12.9. The highest BCUT2D eigenvalue weighted by Gasteiger charge is 2.15. The standard InChI is InChI=1S/C24H17N7O2.CH4/c25-20(32)7-5-15-10-28-24(33)21-19-9-14(16-11-29-30-12-16)4-6-18(19)23(31-22(15)21)27-13-17-3-1-2-8-26-17;/h1-4,6,8-12H,13H2,(H2,25,32)(H,27,31)(H,28,33)(H,29,30);1H4. The number of carbonyl (C=O) groups excluding carboxylic acids is 1. The third-order valence-corrected chi connectivity index (χ3v) is 5.15. The molecule has 1 aromatic carbocycles. The van der Waals surface area contributed by atoms with Crippen molar-refractivity contribution in [1.29, 1.82) is 0 Å². The number of fused-ring (bicyclic) bond motifs is 3. The number of aromatic amines is 2. The fourth-order valence-corrected chi connectivity index (χ4v) is 3.64.